The van der Waals surface area contributed by atoms with E-state index in [1.54, 1.807) is 13.2 Å². The molecule has 6 nitrogen and oxygen atoms in total. The van der Waals surface area contributed by atoms with Gasteiger partial charge in [-0.25, -0.2) is 9.78 Å². The number of anilines is 1. The van der Waals surface area contributed by atoms with Crippen LogP contribution in [0.1, 0.15) is 29.4 Å². The first-order chi connectivity index (χ1) is 9.62. The van der Waals surface area contributed by atoms with Crippen molar-refractivity contribution < 1.29 is 19.7 Å². The number of nitrogens with zero attached hydrogens (tertiary/aromatic N) is 2. The number of pyridine rings is 1. The van der Waals surface area contributed by atoms with Gasteiger partial charge in [0.2, 0.25) is 0 Å². The average molecular weight is 282 g/mol. The number of aliphatic hydroxyl groups excluding tert-OH is 1. The van der Waals surface area contributed by atoms with Gasteiger partial charge in [-0.2, -0.15) is 0 Å². The maximum atomic E-state index is 11.2. The molecule has 0 amide bonds. The summed E-state index contributed by atoms with van der Waals surface area (Å²) < 4.78 is 5.03. The lowest BCUT2D eigenvalue weighted by Gasteiger charge is -2.23. The molecule has 0 aromatic carbocycles. The third-order valence-corrected chi connectivity index (χ3v) is 2.88. The van der Waals surface area contributed by atoms with Crippen LogP contribution < -0.4 is 4.90 Å². The first kappa shape index (κ1) is 16.4. The summed E-state index contributed by atoms with van der Waals surface area (Å²) in [5.41, 5.74) is 0.974. The van der Waals surface area contributed by atoms with Crippen molar-refractivity contribution in [2.24, 2.45) is 0 Å². The molecular formula is C14H22N2O4. The molecule has 0 saturated heterocycles. The largest absolute Gasteiger partial charge is 0.478 e. The Kier molecular flexibility index (Phi) is 6.97. The zero-order chi connectivity index (χ0) is 15.0. The summed E-state index contributed by atoms with van der Waals surface area (Å²) in [4.78, 5) is 17.5. The minimum atomic E-state index is -0.971. The maximum Gasteiger partial charge on any atom is 0.335 e. The van der Waals surface area contributed by atoms with Crippen molar-refractivity contribution in [1.82, 2.24) is 4.98 Å². The van der Waals surface area contributed by atoms with E-state index in [-0.39, 0.29) is 12.2 Å². The van der Waals surface area contributed by atoms with Crippen molar-refractivity contribution >= 4 is 11.8 Å². The molecule has 0 aliphatic rings. The Bertz CT molecular complexity index is 437. The van der Waals surface area contributed by atoms with Crippen LogP contribution in [0.5, 0.6) is 0 Å². The topological polar surface area (TPSA) is 82.9 Å². The fraction of sp³-hybridized carbons (Fsp3) is 0.571. The Hall–Kier alpha value is -1.66. The molecule has 0 atom stereocenters. The quantitative estimate of drug-likeness (QED) is 0.707. The van der Waals surface area contributed by atoms with Crippen LogP contribution in [0, 0.1) is 0 Å². The lowest BCUT2D eigenvalue weighted by molar-refractivity contribution is 0.0696. The van der Waals surface area contributed by atoms with E-state index in [1.807, 2.05) is 11.8 Å². The number of aromatic carboxylic acids is 1. The predicted octanol–water partition coefficient (Wildman–Crippen LogP) is 1.18. The average Bonchev–Trinajstić information content (AvgIpc) is 2.43. The number of aryl methyl sites for hydroxylation is 1. The lowest BCUT2D eigenvalue weighted by atomic mass is 10.1. The Morgan fingerprint density at radius 1 is 1.40 bits per heavy atom. The molecule has 1 rings (SSSR count). The van der Waals surface area contributed by atoms with Gasteiger partial charge < -0.3 is 19.8 Å². The van der Waals surface area contributed by atoms with E-state index in [2.05, 4.69) is 4.98 Å². The third kappa shape index (κ3) is 4.79. The van der Waals surface area contributed by atoms with Crippen molar-refractivity contribution in [3.05, 3.63) is 23.4 Å². The van der Waals surface area contributed by atoms with Crippen LogP contribution in [0.4, 0.5) is 5.82 Å². The number of rotatable bonds is 9. The minimum Gasteiger partial charge on any atom is -0.478 e. The van der Waals surface area contributed by atoms with Crippen LogP contribution >= 0.6 is 0 Å². The number of methoxy groups -OCH3 is 1. The lowest BCUT2D eigenvalue weighted by Crippen LogP contribution is -2.31. The summed E-state index contributed by atoms with van der Waals surface area (Å²) in [6.07, 6.45) is 1.62. The highest BCUT2D eigenvalue weighted by Gasteiger charge is 2.13. The van der Waals surface area contributed by atoms with Crippen LogP contribution in [0.3, 0.4) is 0 Å². The summed E-state index contributed by atoms with van der Waals surface area (Å²) in [5, 5.41) is 18.3. The molecule has 0 aliphatic carbocycles. The second-order valence-electron chi connectivity index (χ2n) is 4.46. The standard InChI is InChI=1S/C14H22N2O4/c1-3-4-12-9-11(14(18)19)10-13(15-12)16(5-7-17)6-8-20-2/h9-10,17H,3-8H2,1-2H3,(H,18,19). The first-order valence-corrected chi connectivity index (χ1v) is 6.71. The SMILES string of the molecule is CCCc1cc(C(=O)O)cc(N(CCO)CCOC)n1. The van der Waals surface area contributed by atoms with E-state index in [4.69, 9.17) is 14.9 Å². The number of aliphatic hydroxyl groups is 1. The Morgan fingerprint density at radius 2 is 2.15 bits per heavy atom. The Balaban J connectivity index is 3.07. The summed E-state index contributed by atoms with van der Waals surface area (Å²) in [7, 11) is 1.60. The predicted molar refractivity (Wildman–Crippen MR) is 76.4 cm³/mol. The van der Waals surface area contributed by atoms with Crippen molar-refractivity contribution in [1.29, 1.82) is 0 Å². The van der Waals surface area contributed by atoms with Gasteiger partial charge in [0.05, 0.1) is 18.8 Å². The van der Waals surface area contributed by atoms with Gasteiger partial charge in [0, 0.05) is 25.9 Å². The summed E-state index contributed by atoms with van der Waals surface area (Å²) >= 11 is 0. The number of ether oxygens (including phenoxy) is 1. The molecule has 20 heavy (non-hydrogen) atoms. The molecule has 2 N–H and O–H groups in total. The van der Waals surface area contributed by atoms with Gasteiger partial charge in [-0.15, -0.1) is 0 Å². The van der Waals surface area contributed by atoms with Crippen LogP contribution in [0.25, 0.3) is 0 Å². The number of carboxylic acids is 1. The molecule has 0 radical (unpaired) electrons. The van der Waals surface area contributed by atoms with E-state index in [1.165, 1.54) is 6.07 Å². The molecule has 0 fully saturated rings. The molecule has 0 saturated carbocycles. The smallest absolute Gasteiger partial charge is 0.335 e. The monoisotopic (exact) mass is 282 g/mol. The number of hydrogen-bond acceptors (Lipinski definition) is 5. The van der Waals surface area contributed by atoms with E-state index in [0.717, 1.165) is 18.5 Å². The number of hydrogen-bond donors (Lipinski definition) is 2. The van der Waals surface area contributed by atoms with Gasteiger partial charge in [-0.3, -0.25) is 0 Å². The van der Waals surface area contributed by atoms with E-state index >= 15 is 0 Å². The van der Waals surface area contributed by atoms with Crippen molar-refractivity contribution in [2.75, 3.05) is 38.3 Å². The molecule has 112 valence electrons. The zero-order valence-electron chi connectivity index (χ0n) is 12.0. The summed E-state index contributed by atoms with van der Waals surface area (Å²) in [6, 6.07) is 3.13. The van der Waals surface area contributed by atoms with E-state index in [9.17, 15) is 4.79 Å². The highest BCUT2D eigenvalue weighted by atomic mass is 16.5. The van der Waals surface area contributed by atoms with Gasteiger partial charge in [-0.05, 0) is 18.6 Å². The van der Waals surface area contributed by atoms with Gasteiger partial charge in [0.15, 0.2) is 0 Å². The molecule has 0 spiro atoms. The molecule has 0 unspecified atom stereocenters. The number of aromatic nitrogens is 1. The summed E-state index contributed by atoms with van der Waals surface area (Å²) in [5.74, 6) is -0.402. The van der Waals surface area contributed by atoms with Crippen molar-refractivity contribution in [2.45, 2.75) is 19.8 Å². The minimum absolute atomic E-state index is 0.0220. The van der Waals surface area contributed by atoms with Crippen LogP contribution in [0.15, 0.2) is 12.1 Å². The molecule has 0 bridgehead atoms. The highest BCUT2D eigenvalue weighted by Crippen LogP contribution is 2.16. The second-order valence-corrected chi connectivity index (χ2v) is 4.46. The summed E-state index contributed by atoms with van der Waals surface area (Å²) in [6.45, 7) is 3.43. The molecule has 6 heteroatoms. The van der Waals surface area contributed by atoms with Crippen LogP contribution in [0.2, 0.25) is 0 Å². The van der Waals surface area contributed by atoms with E-state index in [0.29, 0.717) is 25.5 Å². The van der Waals surface area contributed by atoms with Gasteiger partial charge >= 0.3 is 5.97 Å². The molecule has 1 aromatic heterocycles. The fourth-order valence-corrected chi connectivity index (χ4v) is 1.90. The fourth-order valence-electron chi connectivity index (χ4n) is 1.90. The van der Waals surface area contributed by atoms with Gasteiger partial charge in [-0.1, -0.05) is 13.3 Å². The van der Waals surface area contributed by atoms with Gasteiger partial charge in [0.1, 0.15) is 5.82 Å². The molecule has 1 heterocycles. The van der Waals surface area contributed by atoms with Gasteiger partial charge in [0.25, 0.3) is 0 Å². The maximum absolute atomic E-state index is 11.2. The Morgan fingerprint density at radius 3 is 2.70 bits per heavy atom. The Labute approximate surface area is 119 Å². The molecule has 0 aliphatic heterocycles. The van der Waals surface area contributed by atoms with Crippen molar-refractivity contribution in [3.63, 3.8) is 0 Å². The molecule has 1 aromatic rings. The van der Waals surface area contributed by atoms with Crippen LogP contribution in [-0.4, -0.2) is 54.6 Å². The highest BCUT2D eigenvalue weighted by molar-refractivity contribution is 5.88. The van der Waals surface area contributed by atoms with Crippen LogP contribution in [-0.2, 0) is 11.2 Å². The number of carboxylic acid groups (broad SMARTS) is 1. The second kappa shape index (κ2) is 8.50. The zero-order valence-corrected chi connectivity index (χ0v) is 12.0. The van der Waals surface area contributed by atoms with Crippen molar-refractivity contribution in [3.8, 4) is 0 Å². The third-order valence-electron chi connectivity index (χ3n) is 2.88. The van der Waals surface area contributed by atoms with E-state index < -0.39 is 5.97 Å². The number of carbonyl (C=O) groups is 1. The first-order valence-electron chi connectivity index (χ1n) is 6.71. The normalized spacial score (nSPS) is 10.6. The molecular weight excluding hydrogens is 260 g/mol.